The number of aliphatic carboxylic acids is 1. The first-order valence-corrected chi connectivity index (χ1v) is 9.65. The van der Waals surface area contributed by atoms with Crippen molar-refractivity contribution in [2.75, 3.05) is 23.7 Å². The summed E-state index contributed by atoms with van der Waals surface area (Å²) in [6.45, 7) is 1.64. The summed E-state index contributed by atoms with van der Waals surface area (Å²) in [7, 11) is 0. The molecule has 13 heteroatoms. The first-order chi connectivity index (χ1) is 15.1. The van der Waals surface area contributed by atoms with Gasteiger partial charge < -0.3 is 21.1 Å². The van der Waals surface area contributed by atoms with E-state index in [1.165, 1.54) is 12.4 Å². The van der Waals surface area contributed by atoms with Crippen LogP contribution in [0.5, 0.6) is 0 Å². The van der Waals surface area contributed by atoms with Crippen LogP contribution in [-0.4, -0.2) is 52.1 Å². The number of carbonyl (C=O) groups excluding carboxylic acids is 2. The molecule has 32 heavy (non-hydrogen) atoms. The highest BCUT2D eigenvalue weighted by molar-refractivity contribution is 6.30. The minimum Gasteiger partial charge on any atom is -0.475 e. The van der Waals surface area contributed by atoms with Crippen LogP contribution in [-0.2, 0) is 9.59 Å². The van der Waals surface area contributed by atoms with Crippen LogP contribution in [0.1, 0.15) is 23.3 Å². The SMILES string of the molecule is O=C(Nc1ccc(Cl)cn1)c1ncccc1NC(=O)C1CCNCC1.O=C(O)C(F)(F)F. The average molecular weight is 474 g/mol. The van der Waals surface area contributed by atoms with Crippen LogP contribution in [0.25, 0.3) is 0 Å². The fraction of sp³-hybridized carbons (Fsp3) is 0.316. The van der Waals surface area contributed by atoms with E-state index >= 15 is 0 Å². The predicted molar refractivity (Wildman–Crippen MR) is 109 cm³/mol. The number of carboxylic acids is 1. The largest absolute Gasteiger partial charge is 0.490 e. The lowest BCUT2D eigenvalue weighted by molar-refractivity contribution is -0.192. The Hall–Kier alpha value is -3.25. The molecule has 172 valence electrons. The summed E-state index contributed by atoms with van der Waals surface area (Å²) in [4.78, 5) is 41.9. The topological polar surface area (TPSA) is 133 Å². The fourth-order valence-electron chi connectivity index (χ4n) is 2.63. The number of piperidine rings is 1. The van der Waals surface area contributed by atoms with Crippen LogP contribution < -0.4 is 16.0 Å². The Bertz CT molecular complexity index is 951. The van der Waals surface area contributed by atoms with Gasteiger partial charge in [0.2, 0.25) is 5.91 Å². The van der Waals surface area contributed by atoms with E-state index in [4.69, 9.17) is 21.5 Å². The van der Waals surface area contributed by atoms with Crippen LogP contribution in [0.4, 0.5) is 24.7 Å². The van der Waals surface area contributed by atoms with E-state index in [1.54, 1.807) is 24.3 Å². The van der Waals surface area contributed by atoms with Gasteiger partial charge in [-0.15, -0.1) is 0 Å². The second-order valence-electron chi connectivity index (χ2n) is 6.53. The van der Waals surface area contributed by atoms with E-state index in [2.05, 4.69) is 25.9 Å². The normalized spacial score (nSPS) is 14.0. The summed E-state index contributed by atoms with van der Waals surface area (Å²) in [5, 5.41) is 16.3. The zero-order chi connectivity index (χ0) is 23.7. The molecule has 0 bridgehead atoms. The number of hydrogen-bond donors (Lipinski definition) is 4. The van der Waals surface area contributed by atoms with Gasteiger partial charge >= 0.3 is 12.1 Å². The number of carbonyl (C=O) groups is 3. The molecular formula is C19H19ClF3N5O4. The Morgan fingerprint density at radius 1 is 1.09 bits per heavy atom. The molecule has 9 nitrogen and oxygen atoms in total. The Balaban J connectivity index is 0.000000451. The van der Waals surface area contributed by atoms with Crippen molar-refractivity contribution in [3.63, 3.8) is 0 Å². The Morgan fingerprint density at radius 3 is 2.31 bits per heavy atom. The third-order valence-electron chi connectivity index (χ3n) is 4.20. The molecule has 0 saturated carbocycles. The Morgan fingerprint density at radius 2 is 1.75 bits per heavy atom. The van der Waals surface area contributed by atoms with Crippen molar-refractivity contribution in [3.05, 3.63) is 47.4 Å². The summed E-state index contributed by atoms with van der Waals surface area (Å²) in [5.41, 5.74) is 0.527. The predicted octanol–water partition coefficient (Wildman–Crippen LogP) is 2.95. The highest BCUT2D eigenvalue weighted by atomic mass is 35.5. The second kappa shape index (κ2) is 11.4. The smallest absolute Gasteiger partial charge is 0.475 e. The summed E-state index contributed by atoms with van der Waals surface area (Å²) in [6.07, 6.45) is -0.579. The zero-order valence-corrected chi connectivity index (χ0v) is 17.2. The molecular weight excluding hydrogens is 455 g/mol. The van der Waals surface area contributed by atoms with E-state index in [1.807, 2.05) is 0 Å². The van der Waals surface area contributed by atoms with Gasteiger partial charge in [-0.25, -0.2) is 14.8 Å². The molecule has 0 atom stereocenters. The molecule has 2 aromatic heterocycles. The lowest BCUT2D eigenvalue weighted by Crippen LogP contribution is -2.35. The second-order valence-corrected chi connectivity index (χ2v) is 6.97. The van der Waals surface area contributed by atoms with Crippen LogP contribution in [0.3, 0.4) is 0 Å². The number of alkyl halides is 3. The van der Waals surface area contributed by atoms with E-state index < -0.39 is 18.1 Å². The lowest BCUT2D eigenvalue weighted by atomic mass is 9.97. The molecule has 4 N–H and O–H groups in total. The molecule has 0 unspecified atom stereocenters. The molecule has 1 aliphatic heterocycles. The maximum absolute atomic E-state index is 12.5. The van der Waals surface area contributed by atoms with Gasteiger partial charge in [0.05, 0.1) is 10.7 Å². The number of anilines is 2. The molecule has 3 heterocycles. The van der Waals surface area contributed by atoms with Gasteiger partial charge in [0, 0.05) is 18.3 Å². The zero-order valence-electron chi connectivity index (χ0n) is 16.4. The van der Waals surface area contributed by atoms with Crippen molar-refractivity contribution in [1.29, 1.82) is 0 Å². The first-order valence-electron chi connectivity index (χ1n) is 9.27. The Labute approximate surface area is 185 Å². The number of pyridine rings is 2. The molecule has 0 aliphatic carbocycles. The maximum Gasteiger partial charge on any atom is 0.490 e. The number of nitrogens with one attached hydrogen (secondary N) is 3. The van der Waals surface area contributed by atoms with Crippen molar-refractivity contribution in [2.24, 2.45) is 5.92 Å². The lowest BCUT2D eigenvalue weighted by Gasteiger charge is -2.22. The number of aromatic nitrogens is 2. The molecule has 0 aromatic carbocycles. The van der Waals surface area contributed by atoms with Gasteiger partial charge in [-0.2, -0.15) is 13.2 Å². The third-order valence-corrected chi connectivity index (χ3v) is 4.43. The maximum atomic E-state index is 12.5. The third kappa shape index (κ3) is 7.78. The molecule has 3 rings (SSSR count). The highest BCUT2D eigenvalue weighted by Crippen LogP contribution is 2.19. The number of rotatable bonds is 4. The summed E-state index contributed by atoms with van der Waals surface area (Å²) < 4.78 is 31.7. The van der Waals surface area contributed by atoms with Crippen molar-refractivity contribution < 1.29 is 32.7 Å². The summed E-state index contributed by atoms with van der Waals surface area (Å²) in [5.74, 6) is -3.00. The molecule has 1 fully saturated rings. The number of halogens is 4. The summed E-state index contributed by atoms with van der Waals surface area (Å²) >= 11 is 5.78. The fourth-order valence-corrected chi connectivity index (χ4v) is 2.74. The van der Waals surface area contributed by atoms with Gasteiger partial charge in [0.25, 0.3) is 5.91 Å². The van der Waals surface area contributed by atoms with Gasteiger partial charge in [0.1, 0.15) is 5.82 Å². The monoisotopic (exact) mass is 473 g/mol. The van der Waals surface area contributed by atoms with Crippen LogP contribution in [0, 0.1) is 5.92 Å². The molecule has 2 amide bonds. The van der Waals surface area contributed by atoms with Crippen molar-refractivity contribution in [2.45, 2.75) is 19.0 Å². The van der Waals surface area contributed by atoms with Crippen molar-refractivity contribution >= 4 is 40.9 Å². The number of carboxylic acid groups (broad SMARTS) is 1. The van der Waals surface area contributed by atoms with Gasteiger partial charge in [-0.3, -0.25) is 9.59 Å². The van der Waals surface area contributed by atoms with Crippen LogP contribution in [0.2, 0.25) is 5.02 Å². The first kappa shape index (κ1) is 25.0. The molecule has 0 radical (unpaired) electrons. The Kier molecular flexibility index (Phi) is 8.91. The van der Waals surface area contributed by atoms with Crippen molar-refractivity contribution in [1.82, 2.24) is 15.3 Å². The minimum atomic E-state index is -5.08. The van der Waals surface area contributed by atoms with Gasteiger partial charge in [-0.05, 0) is 50.2 Å². The van der Waals surface area contributed by atoms with Crippen molar-refractivity contribution in [3.8, 4) is 0 Å². The molecule has 2 aromatic rings. The number of amides is 2. The van der Waals surface area contributed by atoms with Gasteiger partial charge in [0.15, 0.2) is 5.69 Å². The number of nitrogens with zero attached hydrogens (tertiary/aromatic N) is 2. The standard InChI is InChI=1S/C17H18ClN5O2.C2HF3O2/c18-12-3-4-14(21-10-12)23-17(25)15-13(2-1-7-20-15)22-16(24)11-5-8-19-9-6-11;3-2(4,5)1(6)7/h1-4,7,10-11,19H,5-6,8-9H2,(H,22,24)(H,21,23,25);(H,6,7). The highest BCUT2D eigenvalue weighted by Gasteiger charge is 2.38. The molecule has 0 spiro atoms. The number of hydrogen-bond acceptors (Lipinski definition) is 6. The van der Waals surface area contributed by atoms with E-state index in [-0.39, 0.29) is 17.5 Å². The summed E-state index contributed by atoms with van der Waals surface area (Å²) in [6, 6.07) is 6.56. The molecule has 1 saturated heterocycles. The minimum absolute atomic E-state index is 0.0599. The van der Waals surface area contributed by atoms with Crippen LogP contribution in [0.15, 0.2) is 36.7 Å². The van der Waals surface area contributed by atoms with E-state index in [0.717, 1.165) is 25.9 Å². The van der Waals surface area contributed by atoms with Crippen LogP contribution >= 0.6 is 11.6 Å². The van der Waals surface area contributed by atoms with E-state index in [9.17, 15) is 22.8 Å². The van der Waals surface area contributed by atoms with Gasteiger partial charge in [-0.1, -0.05) is 11.6 Å². The average Bonchev–Trinajstić information content (AvgIpc) is 2.76. The molecule has 1 aliphatic rings. The quantitative estimate of drug-likeness (QED) is 0.536. The van der Waals surface area contributed by atoms with E-state index in [0.29, 0.717) is 16.5 Å².